The second-order valence-corrected chi connectivity index (χ2v) is 6.56. The van der Waals surface area contributed by atoms with Crippen molar-refractivity contribution in [1.29, 1.82) is 5.41 Å². The van der Waals surface area contributed by atoms with Crippen LogP contribution in [-0.4, -0.2) is 46.1 Å². The number of anilines is 2. The van der Waals surface area contributed by atoms with E-state index in [0.29, 0.717) is 36.6 Å². The monoisotopic (exact) mass is 359 g/mol. The largest absolute Gasteiger partial charge is 0.488 e. The van der Waals surface area contributed by atoms with Crippen LogP contribution in [0.15, 0.2) is 24.5 Å². The van der Waals surface area contributed by atoms with Gasteiger partial charge in [-0.05, 0) is 26.3 Å². The van der Waals surface area contributed by atoms with Gasteiger partial charge in [0, 0.05) is 36.5 Å². The van der Waals surface area contributed by atoms with Gasteiger partial charge in [-0.1, -0.05) is 0 Å². The Hall–Kier alpha value is -2.74. The quantitative estimate of drug-likeness (QED) is 0.556. The Balaban J connectivity index is 1.92. The third-order valence-corrected chi connectivity index (χ3v) is 4.13. The van der Waals surface area contributed by atoms with Crippen molar-refractivity contribution in [3.63, 3.8) is 0 Å². The predicted molar refractivity (Wildman–Crippen MR) is 97.4 cm³/mol. The Morgan fingerprint density at radius 2 is 2.15 bits per heavy atom. The van der Waals surface area contributed by atoms with Crippen LogP contribution in [0.5, 0.6) is 5.75 Å². The SMILES string of the molecule is CC(C)Oc1cc(C(=N)c2cc(N3CC[C@@H](O)C3)ncn2)c(N)cc1F. The Morgan fingerprint density at radius 1 is 1.38 bits per heavy atom. The van der Waals surface area contributed by atoms with Crippen molar-refractivity contribution in [2.24, 2.45) is 0 Å². The van der Waals surface area contributed by atoms with E-state index in [-0.39, 0.29) is 29.4 Å². The van der Waals surface area contributed by atoms with Crippen molar-refractivity contribution in [3.8, 4) is 5.75 Å². The van der Waals surface area contributed by atoms with Crippen LogP contribution in [0.1, 0.15) is 31.5 Å². The molecule has 0 bridgehead atoms. The standard InChI is InChI=1S/C18H22FN5O2/c1-10(2)26-16-5-12(14(20)6-13(16)19)18(21)15-7-17(23-9-22-15)24-4-3-11(25)8-24/h5-7,9-11,21,25H,3-4,8,20H2,1-2H3/t11-/m1/s1. The first-order chi connectivity index (χ1) is 12.3. The minimum atomic E-state index is -0.567. The van der Waals surface area contributed by atoms with Crippen molar-refractivity contribution in [3.05, 3.63) is 41.6 Å². The minimum absolute atomic E-state index is 0.0471. The van der Waals surface area contributed by atoms with E-state index in [0.717, 1.165) is 6.07 Å². The first-order valence-corrected chi connectivity index (χ1v) is 8.45. The number of aliphatic hydroxyl groups is 1. The zero-order valence-corrected chi connectivity index (χ0v) is 14.7. The van der Waals surface area contributed by atoms with Gasteiger partial charge >= 0.3 is 0 Å². The lowest BCUT2D eigenvalue weighted by atomic mass is 10.0. The van der Waals surface area contributed by atoms with E-state index in [1.54, 1.807) is 19.9 Å². The molecule has 7 nitrogen and oxygen atoms in total. The summed E-state index contributed by atoms with van der Waals surface area (Å²) in [4.78, 5) is 10.3. The van der Waals surface area contributed by atoms with Crippen LogP contribution in [0, 0.1) is 11.2 Å². The topological polar surface area (TPSA) is 108 Å². The van der Waals surface area contributed by atoms with Gasteiger partial charge in [0.05, 0.1) is 23.6 Å². The summed E-state index contributed by atoms with van der Waals surface area (Å²) in [5.41, 5.74) is 6.82. The molecular weight excluding hydrogens is 337 g/mol. The van der Waals surface area contributed by atoms with E-state index in [4.69, 9.17) is 15.9 Å². The maximum absolute atomic E-state index is 14.0. The highest BCUT2D eigenvalue weighted by Gasteiger charge is 2.23. The maximum Gasteiger partial charge on any atom is 0.167 e. The third-order valence-electron chi connectivity index (χ3n) is 4.13. The molecule has 3 rings (SSSR count). The van der Waals surface area contributed by atoms with E-state index in [2.05, 4.69) is 9.97 Å². The number of hydrogen-bond acceptors (Lipinski definition) is 7. The van der Waals surface area contributed by atoms with Crippen molar-refractivity contribution >= 4 is 17.2 Å². The van der Waals surface area contributed by atoms with Gasteiger partial charge in [0.25, 0.3) is 0 Å². The van der Waals surface area contributed by atoms with Gasteiger partial charge in [0.2, 0.25) is 0 Å². The molecule has 0 radical (unpaired) electrons. The molecule has 2 aromatic rings. The average Bonchev–Trinajstić information content (AvgIpc) is 3.03. The van der Waals surface area contributed by atoms with Crippen molar-refractivity contribution in [1.82, 2.24) is 9.97 Å². The summed E-state index contributed by atoms with van der Waals surface area (Å²) in [6, 6.07) is 4.25. The van der Waals surface area contributed by atoms with E-state index in [9.17, 15) is 9.50 Å². The van der Waals surface area contributed by atoms with Crippen LogP contribution in [-0.2, 0) is 0 Å². The molecule has 1 saturated heterocycles. The smallest absolute Gasteiger partial charge is 0.167 e. The second-order valence-electron chi connectivity index (χ2n) is 6.56. The fourth-order valence-electron chi connectivity index (χ4n) is 2.87. The number of nitrogens with zero attached hydrogens (tertiary/aromatic N) is 3. The number of nitrogens with two attached hydrogens (primary N) is 1. The fraction of sp³-hybridized carbons (Fsp3) is 0.389. The Morgan fingerprint density at radius 3 is 2.81 bits per heavy atom. The molecule has 1 aliphatic heterocycles. The van der Waals surface area contributed by atoms with Gasteiger partial charge < -0.3 is 20.5 Å². The lowest BCUT2D eigenvalue weighted by molar-refractivity contribution is 0.198. The average molecular weight is 359 g/mol. The van der Waals surface area contributed by atoms with Crippen LogP contribution in [0.3, 0.4) is 0 Å². The van der Waals surface area contributed by atoms with Crippen LogP contribution in [0.2, 0.25) is 0 Å². The Labute approximate surface area is 151 Å². The fourth-order valence-corrected chi connectivity index (χ4v) is 2.87. The Kier molecular flexibility index (Phi) is 5.03. The van der Waals surface area contributed by atoms with Crippen molar-refractivity contribution < 1.29 is 14.2 Å². The summed E-state index contributed by atoms with van der Waals surface area (Å²) >= 11 is 0. The molecule has 1 fully saturated rings. The zero-order valence-electron chi connectivity index (χ0n) is 14.7. The number of benzene rings is 1. The number of ether oxygens (including phenoxy) is 1. The lowest BCUT2D eigenvalue weighted by Gasteiger charge is -2.17. The number of halogens is 1. The Bertz CT molecular complexity index is 827. The summed E-state index contributed by atoms with van der Waals surface area (Å²) in [6.45, 7) is 4.77. The second kappa shape index (κ2) is 7.25. The number of aliphatic hydroxyl groups excluding tert-OH is 1. The molecular formula is C18H22FN5O2. The predicted octanol–water partition coefficient (Wildman–Crippen LogP) is 1.97. The molecule has 26 heavy (non-hydrogen) atoms. The van der Waals surface area contributed by atoms with Crippen LogP contribution in [0.4, 0.5) is 15.9 Å². The number of aromatic nitrogens is 2. The summed E-state index contributed by atoms with van der Waals surface area (Å²) in [7, 11) is 0. The van der Waals surface area contributed by atoms with E-state index < -0.39 is 5.82 Å². The van der Waals surface area contributed by atoms with Gasteiger partial charge in [-0.3, -0.25) is 5.41 Å². The number of hydrogen-bond donors (Lipinski definition) is 3. The normalized spacial score (nSPS) is 17.0. The van der Waals surface area contributed by atoms with E-state index in [1.807, 2.05) is 4.90 Å². The van der Waals surface area contributed by atoms with Crippen LogP contribution < -0.4 is 15.4 Å². The molecule has 1 atom stereocenters. The van der Waals surface area contributed by atoms with Gasteiger partial charge in [-0.2, -0.15) is 0 Å². The van der Waals surface area contributed by atoms with Gasteiger partial charge in [0.15, 0.2) is 11.6 Å². The summed E-state index contributed by atoms with van der Waals surface area (Å²) < 4.78 is 19.5. The van der Waals surface area contributed by atoms with Gasteiger partial charge in [0.1, 0.15) is 12.1 Å². The molecule has 2 heterocycles. The van der Waals surface area contributed by atoms with Gasteiger partial charge in [-0.25, -0.2) is 14.4 Å². The van der Waals surface area contributed by atoms with Crippen LogP contribution >= 0.6 is 0 Å². The molecule has 0 saturated carbocycles. The lowest BCUT2D eigenvalue weighted by Crippen LogP contribution is -2.23. The highest BCUT2D eigenvalue weighted by atomic mass is 19.1. The first kappa shape index (κ1) is 18.1. The molecule has 1 aromatic heterocycles. The molecule has 4 N–H and O–H groups in total. The zero-order chi connectivity index (χ0) is 18.8. The molecule has 0 amide bonds. The molecule has 0 aliphatic carbocycles. The highest BCUT2D eigenvalue weighted by molar-refractivity contribution is 6.13. The van der Waals surface area contributed by atoms with E-state index in [1.165, 1.54) is 12.4 Å². The summed E-state index contributed by atoms with van der Waals surface area (Å²) in [6.07, 6.45) is 1.46. The summed E-state index contributed by atoms with van der Waals surface area (Å²) in [5, 5.41) is 18.1. The third kappa shape index (κ3) is 3.75. The maximum atomic E-state index is 14.0. The first-order valence-electron chi connectivity index (χ1n) is 8.45. The molecule has 0 spiro atoms. The molecule has 0 unspecified atom stereocenters. The number of nitrogens with one attached hydrogen (secondary N) is 1. The number of β-amino-alcohol motifs (C(OH)–C–C–N with tert-alkyl or cyclic N) is 1. The molecule has 1 aliphatic rings. The number of nitrogen functional groups attached to an aromatic ring is 1. The molecule has 8 heteroatoms. The molecule has 138 valence electrons. The highest BCUT2D eigenvalue weighted by Crippen LogP contribution is 2.27. The van der Waals surface area contributed by atoms with Crippen LogP contribution in [0.25, 0.3) is 0 Å². The summed E-state index contributed by atoms with van der Waals surface area (Å²) in [5.74, 6) is 0.115. The van der Waals surface area contributed by atoms with E-state index >= 15 is 0 Å². The van der Waals surface area contributed by atoms with Gasteiger partial charge in [-0.15, -0.1) is 0 Å². The van der Waals surface area contributed by atoms with Crippen molar-refractivity contribution in [2.75, 3.05) is 23.7 Å². The van der Waals surface area contributed by atoms with Crippen molar-refractivity contribution in [2.45, 2.75) is 32.5 Å². The number of rotatable bonds is 5. The minimum Gasteiger partial charge on any atom is -0.488 e. The molecule has 1 aromatic carbocycles.